The quantitative estimate of drug-likeness (QED) is 0.508. The molecule has 8 heteroatoms. The van der Waals surface area contributed by atoms with Crippen molar-refractivity contribution >= 4 is 28.4 Å². The first-order valence-corrected chi connectivity index (χ1v) is 9.81. The Morgan fingerprint density at radius 2 is 1.83 bits per heavy atom. The highest BCUT2D eigenvalue weighted by molar-refractivity contribution is 6.30. The topological polar surface area (TPSA) is 73.0 Å². The highest BCUT2D eigenvalue weighted by Crippen LogP contribution is 2.41. The Kier molecular flexibility index (Phi) is 6.95. The highest BCUT2D eigenvalue weighted by atomic mass is 35.5. The maximum Gasteiger partial charge on any atom is 0.270 e. The molecule has 2 aromatic carbocycles. The number of carbonyl (C=O) groups is 1. The summed E-state index contributed by atoms with van der Waals surface area (Å²) in [7, 11) is 6.43. The molecule has 0 aliphatic carbocycles. The largest absolute Gasteiger partial charge is 0.496 e. The van der Waals surface area contributed by atoms with Crippen LogP contribution in [-0.4, -0.2) is 57.3 Å². The Morgan fingerprint density at radius 3 is 2.50 bits per heavy atom. The smallest absolute Gasteiger partial charge is 0.270 e. The monoisotopic (exact) mass is 432 g/mol. The molecular formula is C22H25ClN2O5. The molecule has 1 aromatic heterocycles. The molecule has 0 fully saturated rings. The number of hydrogen-bond donors (Lipinski definition) is 1. The van der Waals surface area contributed by atoms with Crippen LogP contribution in [0, 0.1) is 0 Å². The van der Waals surface area contributed by atoms with E-state index in [-0.39, 0.29) is 5.91 Å². The van der Waals surface area contributed by atoms with E-state index < -0.39 is 0 Å². The standard InChI is InChI=1S/C22H25ClN2O5/c1-25(9-6-10-30-15-8-5-7-14(23)11-15)22(26)17-12-16-18(27-2)13-19(28-3)21(29-4)20(16)24-17/h5,7-8,11-13,24H,6,9-10H2,1-4H3. The fourth-order valence-electron chi connectivity index (χ4n) is 3.21. The Balaban J connectivity index is 1.69. The number of nitrogens with zero attached hydrogens (tertiary/aromatic N) is 1. The Hall–Kier alpha value is -3.06. The van der Waals surface area contributed by atoms with Crippen molar-refractivity contribution < 1.29 is 23.7 Å². The van der Waals surface area contributed by atoms with Crippen molar-refractivity contribution in [3.8, 4) is 23.0 Å². The Labute approximate surface area is 180 Å². The second kappa shape index (κ2) is 9.63. The number of aromatic amines is 1. The number of halogens is 1. The van der Waals surface area contributed by atoms with Gasteiger partial charge in [0.2, 0.25) is 0 Å². The number of amides is 1. The average Bonchev–Trinajstić information content (AvgIpc) is 3.20. The molecule has 0 saturated heterocycles. The minimum Gasteiger partial charge on any atom is -0.496 e. The molecule has 30 heavy (non-hydrogen) atoms. The second-order valence-corrected chi connectivity index (χ2v) is 7.11. The molecule has 0 atom stereocenters. The van der Waals surface area contributed by atoms with Crippen LogP contribution in [0.2, 0.25) is 5.02 Å². The number of rotatable bonds is 9. The first-order chi connectivity index (χ1) is 14.5. The summed E-state index contributed by atoms with van der Waals surface area (Å²) in [4.78, 5) is 17.7. The maximum atomic E-state index is 12.9. The molecule has 0 unspecified atom stereocenters. The van der Waals surface area contributed by atoms with Crippen LogP contribution < -0.4 is 18.9 Å². The summed E-state index contributed by atoms with van der Waals surface area (Å²) >= 11 is 5.95. The van der Waals surface area contributed by atoms with Gasteiger partial charge < -0.3 is 28.8 Å². The molecule has 0 bridgehead atoms. The van der Waals surface area contributed by atoms with Crippen molar-refractivity contribution in [3.05, 3.63) is 47.1 Å². The number of fused-ring (bicyclic) bond motifs is 1. The van der Waals surface area contributed by atoms with Crippen molar-refractivity contribution in [1.29, 1.82) is 0 Å². The number of carbonyl (C=O) groups excluding carboxylic acids is 1. The Morgan fingerprint density at radius 1 is 1.07 bits per heavy atom. The maximum absolute atomic E-state index is 12.9. The zero-order valence-electron chi connectivity index (χ0n) is 17.5. The molecule has 0 aliphatic rings. The van der Waals surface area contributed by atoms with E-state index in [9.17, 15) is 4.79 Å². The van der Waals surface area contributed by atoms with E-state index in [1.54, 1.807) is 57.5 Å². The van der Waals surface area contributed by atoms with Gasteiger partial charge in [-0.3, -0.25) is 4.79 Å². The van der Waals surface area contributed by atoms with Crippen LogP contribution in [0.5, 0.6) is 23.0 Å². The van der Waals surface area contributed by atoms with E-state index in [4.69, 9.17) is 30.5 Å². The van der Waals surface area contributed by atoms with Crippen molar-refractivity contribution in [3.63, 3.8) is 0 Å². The molecule has 0 aliphatic heterocycles. The third kappa shape index (κ3) is 4.57. The van der Waals surface area contributed by atoms with Crippen LogP contribution in [-0.2, 0) is 0 Å². The summed E-state index contributed by atoms with van der Waals surface area (Å²) in [5, 5.41) is 1.37. The van der Waals surface area contributed by atoms with Crippen molar-refractivity contribution in [2.45, 2.75) is 6.42 Å². The molecule has 1 amide bonds. The number of H-pyrrole nitrogens is 1. The lowest BCUT2D eigenvalue weighted by Crippen LogP contribution is -2.28. The van der Waals surface area contributed by atoms with E-state index in [1.165, 1.54) is 0 Å². The molecule has 0 radical (unpaired) electrons. The van der Waals surface area contributed by atoms with E-state index in [0.717, 1.165) is 5.39 Å². The van der Waals surface area contributed by atoms with Gasteiger partial charge in [-0.1, -0.05) is 17.7 Å². The third-order valence-electron chi connectivity index (χ3n) is 4.72. The van der Waals surface area contributed by atoms with Gasteiger partial charge in [-0.2, -0.15) is 0 Å². The molecule has 3 aromatic rings. The first-order valence-electron chi connectivity index (χ1n) is 9.44. The number of nitrogens with one attached hydrogen (secondary N) is 1. The molecule has 0 spiro atoms. The van der Waals surface area contributed by atoms with Crippen LogP contribution in [0.15, 0.2) is 36.4 Å². The fraction of sp³-hybridized carbons (Fsp3) is 0.318. The zero-order valence-corrected chi connectivity index (χ0v) is 18.2. The van der Waals surface area contributed by atoms with Crippen LogP contribution in [0.3, 0.4) is 0 Å². The summed E-state index contributed by atoms with van der Waals surface area (Å²) < 4.78 is 22.0. The van der Waals surface area contributed by atoms with Gasteiger partial charge in [0, 0.05) is 30.1 Å². The fourth-order valence-corrected chi connectivity index (χ4v) is 3.39. The summed E-state index contributed by atoms with van der Waals surface area (Å²) in [5.41, 5.74) is 1.09. The zero-order chi connectivity index (χ0) is 21.7. The van der Waals surface area contributed by atoms with Crippen molar-refractivity contribution in [1.82, 2.24) is 9.88 Å². The predicted molar refractivity (Wildman–Crippen MR) is 116 cm³/mol. The van der Waals surface area contributed by atoms with Gasteiger partial charge in [0.1, 0.15) is 17.2 Å². The summed E-state index contributed by atoms with van der Waals surface area (Å²) in [6, 6.07) is 10.7. The highest BCUT2D eigenvalue weighted by Gasteiger charge is 2.21. The number of methoxy groups -OCH3 is 3. The Bertz CT molecular complexity index is 1030. The van der Waals surface area contributed by atoms with Crippen molar-refractivity contribution in [2.24, 2.45) is 0 Å². The van der Waals surface area contributed by atoms with Crippen LogP contribution >= 0.6 is 11.6 Å². The number of aromatic nitrogens is 1. The van der Waals surface area contributed by atoms with Gasteiger partial charge in [0.15, 0.2) is 11.5 Å². The van der Waals surface area contributed by atoms with E-state index in [2.05, 4.69) is 4.98 Å². The molecular weight excluding hydrogens is 408 g/mol. The van der Waals surface area contributed by atoms with Crippen LogP contribution in [0.1, 0.15) is 16.9 Å². The summed E-state index contributed by atoms with van der Waals surface area (Å²) in [5.74, 6) is 2.20. The molecule has 3 rings (SSSR count). The second-order valence-electron chi connectivity index (χ2n) is 6.67. The van der Waals surface area contributed by atoms with Crippen molar-refractivity contribution in [2.75, 3.05) is 41.5 Å². The lowest BCUT2D eigenvalue weighted by molar-refractivity contribution is 0.0783. The average molecular weight is 433 g/mol. The van der Waals surface area contributed by atoms with E-state index in [1.807, 2.05) is 12.1 Å². The van der Waals surface area contributed by atoms with Crippen LogP contribution in [0.25, 0.3) is 10.9 Å². The normalized spacial score (nSPS) is 10.7. The molecule has 160 valence electrons. The SMILES string of the molecule is COc1cc(OC)c2cc(C(=O)N(C)CCCOc3cccc(Cl)c3)[nH]c2c1OC. The lowest BCUT2D eigenvalue weighted by Gasteiger charge is -2.16. The first kappa shape index (κ1) is 21.6. The molecule has 1 heterocycles. The minimum absolute atomic E-state index is 0.142. The van der Waals surface area contributed by atoms with E-state index >= 15 is 0 Å². The van der Waals surface area contributed by atoms with E-state index in [0.29, 0.717) is 58.8 Å². The molecule has 0 saturated carbocycles. The van der Waals surface area contributed by atoms with Gasteiger partial charge in [-0.15, -0.1) is 0 Å². The predicted octanol–water partition coefficient (Wildman–Crippen LogP) is 4.39. The third-order valence-corrected chi connectivity index (χ3v) is 4.96. The van der Waals surface area contributed by atoms with Gasteiger partial charge >= 0.3 is 0 Å². The number of benzene rings is 2. The van der Waals surface area contributed by atoms with Gasteiger partial charge in [0.05, 0.1) is 33.5 Å². The lowest BCUT2D eigenvalue weighted by atomic mass is 10.2. The summed E-state index contributed by atoms with van der Waals surface area (Å²) in [6.45, 7) is 1.01. The number of ether oxygens (including phenoxy) is 4. The molecule has 7 nitrogen and oxygen atoms in total. The van der Waals surface area contributed by atoms with Gasteiger partial charge in [0.25, 0.3) is 5.91 Å². The molecule has 1 N–H and O–H groups in total. The van der Waals surface area contributed by atoms with Gasteiger partial charge in [-0.25, -0.2) is 0 Å². The van der Waals surface area contributed by atoms with Gasteiger partial charge in [-0.05, 0) is 30.7 Å². The minimum atomic E-state index is -0.142. The number of hydrogen-bond acceptors (Lipinski definition) is 5. The van der Waals surface area contributed by atoms with Crippen LogP contribution in [0.4, 0.5) is 0 Å². The summed E-state index contributed by atoms with van der Waals surface area (Å²) in [6.07, 6.45) is 0.676.